The molecule has 1 aliphatic rings. The molecule has 0 aliphatic carbocycles. The molecule has 1 aromatic heterocycles. The van der Waals surface area contributed by atoms with Gasteiger partial charge in [-0.2, -0.15) is 5.10 Å². The fraction of sp³-hybridized carbons (Fsp3) is 0.286. The van der Waals surface area contributed by atoms with Crippen molar-refractivity contribution in [2.24, 2.45) is 7.05 Å². The molecule has 8 heteroatoms. The Morgan fingerprint density at radius 3 is 2.45 bits per heavy atom. The first-order valence-electron chi connectivity index (χ1n) is 9.33. The van der Waals surface area contributed by atoms with Crippen molar-refractivity contribution in [3.8, 4) is 11.1 Å². The lowest BCUT2D eigenvalue weighted by molar-refractivity contribution is 0.587. The standard InChI is InChI=1S/C21H23FN4O2S/c1-14-11-16(17-12-23-25(4)13-17)5-8-20(14)29(27,28)26-10-9-24(3)19-7-6-18(22)15(2)21(19)26/h5-8,11-13H,9-10H2,1-4H3. The van der Waals surface area contributed by atoms with Crippen molar-refractivity contribution in [1.29, 1.82) is 0 Å². The van der Waals surface area contributed by atoms with E-state index in [2.05, 4.69) is 5.10 Å². The summed E-state index contributed by atoms with van der Waals surface area (Å²) in [4.78, 5) is 2.18. The largest absolute Gasteiger partial charge is 0.371 e. The molecule has 0 fully saturated rings. The number of sulfonamides is 1. The van der Waals surface area contributed by atoms with Crippen LogP contribution in [0, 0.1) is 19.7 Å². The molecule has 0 N–H and O–H groups in total. The van der Waals surface area contributed by atoms with Crippen LogP contribution < -0.4 is 9.21 Å². The first-order valence-corrected chi connectivity index (χ1v) is 10.8. The van der Waals surface area contributed by atoms with E-state index in [4.69, 9.17) is 0 Å². The number of halogens is 1. The van der Waals surface area contributed by atoms with Gasteiger partial charge in [0.2, 0.25) is 0 Å². The van der Waals surface area contributed by atoms with E-state index < -0.39 is 15.8 Å². The molecule has 2 heterocycles. The summed E-state index contributed by atoms with van der Waals surface area (Å²) in [5, 5.41) is 4.17. The molecule has 0 bridgehead atoms. The molecule has 6 nitrogen and oxygen atoms in total. The molecule has 0 saturated carbocycles. The molecule has 4 rings (SSSR count). The predicted octanol–water partition coefficient (Wildman–Crippen LogP) is 3.49. The van der Waals surface area contributed by atoms with Gasteiger partial charge in [-0.15, -0.1) is 0 Å². The maximum atomic E-state index is 14.3. The maximum absolute atomic E-state index is 14.3. The molecule has 0 saturated heterocycles. The van der Waals surface area contributed by atoms with Crippen LogP contribution in [0.1, 0.15) is 11.1 Å². The second-order valence-corrected chi connectivity index (χ2v) is 9.25. The van der Waals surface area contributed by atoms with Crippen molar-refractivity contribution >= 4 is 21.4 Å². The molecule has 2 aromatic carbocycles. The Morgan fingerprint density at radius 1 is 1.03 bits per heavy atom. The van der Waals surface area contributed by atoms with Gasteiger partial charge in [0.05, 0.1) is 29.0 Å². The van der Waals surface area contributed by atoms with Crippen LogP contribution in [-0.2, 0) is 17.1 Å². The lowest BCUT2D eigenvalue weighted by Crippen LogP contribution is -2.43. The predicted molar refractivity (Wildman–Crippen MR) is 112 cm³/mol. The third-order valence-electron chi connectivity index (χ3n) is 5.42. The highest BCUT2D eigenvalue weighted by Crippen LogP contribution is 2.40. The Labute approximate surface area is 170 Å². The molecule has 152 valence electrons. The van der Waals surface area contributed by atoms with Gasteiger partial charge in [0.15, 0.2) is 0 Å². The third kappa shape index (κ3) is 3.17. The van der Waals surface area contributed by atoms with E-state index in [1.54, 1.807) is 42.9 Å². The maximum Gasteiger partial charge on any atom is 0.264 e. The van der Waals surface area contributed by atoms with Crippen LogP contribution in [0.4, 0.5) is 15.8 Å². The van der Waals surface area contributed by atoms with Crippen molar-refractivity contribution in [3.05, 3.63) is 59.7 Å². The minimum atomic E-state index is -3.84. The lowest BCUT2D eigenvalue weighted by Gasteiger charge is -2.37. The number of benzene rings is 2. The monoisotopic (exact) mass is 414 g/mol. The average Bonchev–Trinajstić information content (AvgIpc) is 3.11. The van der Waals surface area contributed by atoms with Gasteiger partial charge in [-0.25, -0.2) is 12.8 Å². The smallest absolute Gasteiger partial charge is 0.264 e. The number of anilines is 2. The van der Waals surface area contributed by atoms with Crippen LogP contribution in [0.2, 0.25) is 0 Å². The minimum absolute atomic E-state index is 0.226. The van der Waals surface area contributed by atoms with Gasteiger partial charge in [0.25, 0.3) is 10.0 Å². The molecule has 1 aliphatic heterocycles. The zero-order chi connectivity index (χ0) is 20.9. The van der Waals surface area contributed by atoms with E-state index in [1.165, 1.54) is 10.4 Å². The first-order chi connectivity index (χ1) is 13.7. The van der Waals surface area contributed by atoms with E-state index in [-0.39, 0.29) is 11.4 Å². The van der Waals surface area contributed by atoms with Gasteiger partial charge in [-0.05, 0) is 49.2 Å². The number of likely N-dealkylation sites (N-methyl/N-ethyl adjacent to an activating group) is 1. The van der Waals surface area contributed by atoms with Crippen LogP contribution >= 0.6 is 0 Å². The lowest BCUT2D eigenvalue weighted by atomic mass is 10.1. The number of aromatic nitrogens is 2. The molecular weight excluding hydrogens is 391 g/mol. The van der Waals surface area contributed by atoms with Gasteiger partial charge in [-0.1, -0.05) is 6.07 Å². The number of hydrogen-bond acceptors (Lipinski definition) is 4. The summed E-state index contributed by atoms with van der Waals surface area (Å²) in [7, 11) is -0.126. The van der Waals surface area contributed by atoms with Gasteiger partial charge in [-0.3, -0.25) is 8.99 Å². The highest BCUT2D eigenvalue weighted by molar-refractivity contribution is 7.93. The number of aryl methyl sites for hydroxylation is 2. The highest BCUT2D eigenvalue weighted by atomic mass is 32.2. The zero-order valence-corrected chi connectivity index (χ0v) is 17.7. The fourth-order valence-corrected chi connectivity index (χ4v) is 5.54. The van der Waals surface area contributed by atoms with Crippen molar-refractivity contribution in [1.82, 2.24) is 9.78 Å². The Kier molecular flexibility index (Phi) is 4.61. The molecule has 3 aromatic rings. The Balaban J connectivity index is 1.81. The zero-order valence-electron chi connectivity index (χ0n) is 16.8. The van der Waals surface area contributed by atoms with Crippen LogP contribution in [0.25, 0.3) is 11.1 Å². The summed E-state index contributed by atoms with van der Waals surface area (Å²) in [6.07, 6.45) is 3.62. The number of rotatable bonds is 3. The summed E-state index contributed by atoms with van der Waals surface area (Å²) >= 11 is 0. The van der Waals surface area contributed by atoms with Crippen molar-refractivity contribution in [3.63, 3.8) is 0 Å². The SMILES string of the molecule is Cc1cc(-c2cnn(C)c2)ccc1S(=O)(=O)N1CCN(C)c2ccc(F)c(C)c21. The summed E-state index contributed by atoms with van der Waals surface area (Å²) in [6, 6.07) is 8.28. The number of nitrogens with zero attached hydrogens (tertiary/aromatic N) is 4. The van der Waals surface area contributed by atoms with E-state index in [1.807, 2.05) is 31.3 Å². The summed E-state index contributed by atoms with van der Waals surface area (Å²) in [6.45, 7) is 4.19. The Hall–Kier alpha value is -2.87. The molecular formula is C21H23FN4O2S. The minimum Gasteiger partial charge on any atom is -0.371 e. The van der Waals surface area contributed by atoms with Crippen LogP contribution in [0.3, 0.4) is 0 Å². The van der Waals surface area contributed by atoms with Crippen LogP contribution in [-0.4, -0.2) is 38.3 Å². The summed E-state index contributed by atoms with van der Waals surface area (Å²) in [5.41, 5.74) is 3.92. The molecule has 0 radical (unpaired) electrons. The topological polar surface area (TPSA) is 58.4 Å². The van der Waals surface area contributed by atoms with Gasteiger partial charge >= 0.3 is 0 Å². The van der Waals surface area contributed by atoms with E-state index >= 15 is 0 Å². The normalized spacial score (nSPS) is 14.2. The van der Waals surface area contributed by atoms with Gasteiger partial charge in [0, 0.05) is 38.0 Å². The summed E-state index contributed by atoms with van der Waals surface area (Å²) < 4.78 is 44.4. The number of hydrogen-bond donors (Lipinski definition) is 0. The quantitative estimate of drug-likeness (QED) is 0.658. The average molecular weight is 415 g/mol. The fourth-order valence-electron chi connectivity index (χ4n) is 3.80. The van der Waals surface area contributed by atoms with Crippen LogP contribution in [0.5, 0.6) is 0 Å². The first kappa shape index (κ1) is 19.4. The molecule has 0 unspecified atom stereocenters. The third-order valence-corrected chi connectivity index (χ3v) is 7.38. The molecule has 0 spiro atoms. The summed E-state index contributed by atoms with van der Waals surface area (Å²) in [5.74, 6) is -0.414. The van der Waals surface area contributed by atoms with Crippen molar-refractivity contribution in [2.45, 2.75) is 18.7 Å². The van der Waals surface area contributed by atoms with Crippen LogP contribution in [0.15, 0.2) is 47.6 Å². The van der Waals surface area contributed by atoms with Gasteiger partial charge in [0.1, 0.15) is 5.82 Å². The highest BCUT2D eigenvalue weighted by Gasteiger charge is 2.34. The van der Waals surface area contributed by atoms with E-state index in [9.17, 15) is 12.8 Å². The van der Waals surface area contributed by atoms with E-state index in [0.29, 0.717) is 29.0 Å². The van der Waals surface area contributed by atoms with Crippen molar-refractivity contribution in [2.75, 3.05) is 29.3 Å². The second kappa shape index (κ2) is 6.88. The second-order valence-electron chi connectivity index (χ2n) is 7.42. The van der Waals surface area contributed by atoms with Gasteiger partial charge < -0.3 is 4.90 Å². The van der Waals surface area contributed by atoms with Crippen molar-refractivity contribution < 1.29 is 12.8 Å². The molecule has 0 amide bonds. The number of fused-ring (bicyclic) bond motifs is 1. The van der Waals surface area contributed by atoms with E-state index in [0.717, 1.165) is 11.1 Å². The molecule has 29 heavy (non-hydrogen) atoms. The Bertz CT molecular complexity index is 1200. The molecule has 0 atom stereocenters. The Morgan fingerprint density at radius 2 is 1.79 bits per heavy atom.